The second-order valence-corrected chi connectivity index (χ2v) is 6.62. The van der Waals surface area contributed by atoms with Gasteiger partial charge in [0.05, 0.1) is 0 Å². The Hall–Kier alpha value is 0.960. The highest BCUT2D eigenvalue weighted by Crippen LogP contribution is 2.28. The van der Waals surface area contributed by atoms with Crippen molar-refractivity contribution in [3.05, 3.63) is 0 Å². The van der Waals surface area contributed by atoms with Gasteiger partial charge >= 0.3 is 0 Å². The summed E-state index contributed by atoms with van der Waals surface area (Å²) in [7, 11) is 0. The fourth-order valence-corrected chi connectivity index (χ4v) is 2.78. The lowest BCUT2D eigenvalue weighted by molar-refractivity contribution is 0.470. The molecule has 0 N–H and O–H groups in total. The molecule has 2 unspecified atom stereocenters. The quantitative estimate of drug-likeness (QED) is 0.577. The summed E-state index contributed by atoms with van der Waals surface area (Å²) in [5, 5.41) is 0. The molecule has 0 aromatic rings. The maximum Gasteiger partial charge on any atom is 0.0146 e. The van der Waals surface area contributed by atoms with E-state index in [-0.39, 0.29) is 0 Å². The van der Waals surface area contributed by atoms with Crippen LogP contribution < -0.4 is 0 Å². The molecule has 1 fully saturated rings. The fraction of sp³-hybridized carbons (Fsp3) is 1.00. The van der Waals surface area contributed by atoms with E-state index in [1.54, 1.807) is 0 Å². The summed E-state index contributed by atoms with van der Waals surface area (Å²) in [6.07, 6.45) is 8.19. The monoisotopic (exact) mass is 296 g/mol. The summed E-state index contributed by atoms with van der Waals surface area (Å²) in [5.41, 5.74) is 0. The van der Waals surface area contributed by atoms with E-state index >= 15 is 0 Å². The van der Waals surface area contributed by atoms with Crippen LogP contribution >= 0.6 is 31.9 Å². The van der Waals surface area contributed by atoms with Crippen molar-refractivity contribution in [2.45, 2.75) is 55.1 Å². The summed E-state index contributed by atoms with van der Waals surface area (Å²) >= 11 is 7.48. The Morgan fingerprint density at radius 1 is 0.750 bits per heavy atom. The maximum absolute atomic E-state index is 3.74. The molecule has 72 valence electrons. The van der Waals surface area contributed by atoms with Crippen LogP contribution in [0.1, 0.15) is 45.4 Å². The normalized spacial score (nSPS) is 39.8. The van der Waals surface area contributed by atoms with Crippen molar-refractivity contribution in [3.8, 4) is 0 Å². The second kappa shape index (κ2) is 5.64. The van der Waals surface area contributed by atoms with E-state index in [0.29, 0.717) is 0 Å². The topological polar surface area (TPSA) is 0 Å². The molecule has 12 heavy (non-hydrogen) atoms. The molecule has 0 aliphatic heterocycles. The van der Waals surface area contributed by atoms with Crippen LogP contribution in [-0.2, 0) is 0 Å². The van der Waals surface area contributed by atoms with Gasteiger partial charge in [0.25, 0.3) is 0 Å². The third-order valence-corrected chi connectivity index (χ3v) is 4.57. The van der Waals surface area contributed by atoms with Crippen LogP contribution in [0.4, 0.5) is 0 Å². The third-order valence-electron chi connectivity index (χ3n) is 2.74. The van der Waals surface area contributed by atoms with Crippen LogP contribution in [0, 0.1) is 5.92 Å². The van der Waals surface area contributed by atoms with Crippen molar-refractivity contribution >= 4 is 31.9 Å². The Morgan fingerprint density at radius 3 is 1.50 bits per heavy atom. The van der Waals surface area contributed by atoms with Crippen molar-refractivity contribution in [3.63, 3.8) is 0 Å². The lowest BCUT2D eigenvalue weighted by atomic mass is 9.99. The van der Waals surface area contributed by atoms with Gasteiger partial charge in [-0.2, -0.15) is 0 Å². The van der Waals surface area contributed by atoms with Crippen LogP contribution in [0.15, 0.2) is 0 Å². The first kappa shape index (κ1) is 11.0. The standard InChI is InChI=1S/C10H18Br2/c1-8-2-4-9(11)6-7-10(12)5-3-8/h8-10H,2-7H2,1H3. The summed E-state index contributed by atoms with van der Waals surface area (Å²) in [5.74, 6) is 0.920. The first-order valence-corrected chi connectivity index (χ1v) is 6.79. The molecule has 0 spiro atoms. The van der Waals surface area contributed by atoms with Gasteiger partial charge in [0.1, 0.15) is 0 Å². The third kappa shape index (κ3) is 4.27. The van der Waals surface area contributed by atoms with Crippen LogP contribution in [0.2, 0.25) is 0 Å². The average molecular weight is 298 g/mol. The summed E-state index contributed by atoms with van der Waals surface area (Å²) in [6.45, 7) is 2.38. The molecule has 0 radical (unpaired) electrons. The van der Waals surface area contributed by atoms with Gasteiger partial charge in [-0.1, -0.05) is 38.8 Å². The number of hydrogen-bond acceptors (Lipinski definition) is 0. The van der Waals surface area contributed by atoms with E-state index in [0.717, 1.165) is 15.6 Å². The predicted octanol–water partition coefficient (Wildman–Crippen LogP) is 4.50. The van der Waals surface area contributed by atoms with Crippen LogP contribution in [0.3, 0.4) is 0 Å². The first-order valence-electron chi connectivity index (χ1n) is 4.96. The Bertz CT molecular complexity index is 89.2. The van der Waals surface area contributed by atoms with Crippen molar-refractivity contribution < 1.29 is 0 Å². The SMILES string of the molecule is CC1CCC(Br)CCC(Br)CC1. The number of halogens is 2. The molecule has 0 bridgehead atoms. The largest absolute Gasteiger partial charge is 0.0891 e. The van der Waals surface area contributed by atoms with Gasteiger partial charge in [-0.25, -0.2) is 0 Å². The van der Waals surface area contributed by atoms with Crippen molar-refractivity contribution in [2.24, 2.45) is 5.92 Å². The van der Waals surface area contributed by atoms with Crippen molar-refractivity contribution in [2.75, 3.05) is 0 Å². The van der Waals surface area contributed by atoms with Gasteiger partial charge in [0.2, 0.25) is 0 Å². The molecule has 0 heterocycles. The lowest BCUT2D eigenvalue weighted by Gasteiger charge is -2.10. The molecule has 0 nitrogen and oxygen atoms in total. The minimum Gasteiger partial charge on any atom is -0.0891 e. The zero-order valence-electron chi connectivity index (χ0n) is 7.73. The highest BCUT2D eigenvalue weighted by Gasteiger charge is 2.15. The fourth-order valence-electron chi connectivity index (χ4n) is 1.73. The minimum absolute atomic E-state index is 0.762. The predicted molar refractivity (Wildman–Crippen MR) is 62.3 cm³/mol. The molecular formula is C10H18Br2. The zero-order chi connectivity index (χ0) is 8.97. The maximum atomic E-state index is 3.74. The van der Waals surface area contributed by atoms with Gasteiger partial charge in [-0.15, -0.1) is 0 Å². The molecule has 2 atom stereocenters. The molecular weight excluding hydrogens is 280 g/mol. The molecule has 1 rings (SSSR count). The number of hydrogen-bond donors (Lipinski definition) is 0. The van der Waals surface area contributed by atoms with E-state index in [4.69, 9.17) is 0 Å². The number of rotatable bonds is 0. The molecule has 0 amide bonds. The molecule has 1 aliphatic rings. The average Bonchev–Trinajstić information content (AvgIpc) is 2.11. The van der Waals surface area contributed by atoms with Gasteiger partial charge < -0.3 is 0 Å². The Morgan fingerprint density at radius 2 is 1.08 bits per heavy atom. The Balaban J connectivity index is 2.36. The molecule has 2 heteroatoms. The Labute approximate surface area is 92.8 Å². The van der Waals surface area contributed by atoms with Gasteiger partial charge in [-0.05, 0) is 44.4 Å². The molecule has 0 saturated heterocycles. The summed E-state index contributed by atoms with van der Waals surface area (Å²) in [4.78, 5) is 1.52. The smallest absolute Gasteiger partial charge is 0.0146 e. The van der Waals surface area contributed by atoms with E-state index in [9.17, 15) is 0 Å². The van der Waals surface area contributed by atoms with Gasteiger partial charge in [0, 0.05) is 9.65 Å². The minimum atomic E-state index is 0.762. The van der Waals surface area contributed by atoms with Crippen LogP contribution in [-0.4, -0.2) is 9.65 Å². The Kier molecular flexibility index (Phi) is 5.19. The molecule has 1 aliphatic carbocycles. The zero-order valence-corrected chi connectivity index (χ0v) is 10.9. The van der Waals surface area contributed by atoms with Crippen LogP contribution in [0.25, 0.3) is 0 Å². The van der Waals surface area contributed by atoms with Gasteiger partial charge in [-0.3, -0.25) is 0 Å². The first-order chi connectivity index (χ1) is 5.68. The lowest BCUT2D eigenvalue weighted by Crippen LogP contribution is -2.01. The van der Waals surface area contributed by atoms with Crippen molar-refractivity contribution in [1.82, 2.24) is 0 Å². The van der Waals surface area contributed by atoms with Crippen molar-refractivity contribution in [1.29, 1.82) is 0 Å². The summed E-state index contributed by atoms with van der Waals surface area (Å²) < 4.78 is 0. The highest BCUT2D eigenvalue weighted by atomic mass is 79.9. The van der Waals surface area contributed by atoms with Gasteiger partial charge in [0.15, 0.2) is 0 Å². The number of alkyl halides is 2. The highest BCUT2D eigenvalue weighted by molar-refractivity contribution is 9.09. The second-order valence-electron chi connectivity index (χ2n) is 4.03. The van der Waals surface area contributed by atoms with E-state index in [1.165, 1.54) is 38.5 Å². The van der Waals surface area contributed by atoms with E-state index < -0.39 is 0 Å². The van der Waals surface area contributed by atoms with E-state index in [2.05, 4.69) is 38.8 Å². The van der Waals surface area contributed by atoms with E-state index in [1.807, 2.05) is 0 Å². The van der Waals surface area contributed by atoms with Crippen LogP contribution in [0.5, 0.6) is 0 Å². The molecule has 0 aromatic carbocycles. The summed E-state index contributed by atoms with van der Waals surface area (Å²) in [6, 6.07) is 0. The molecule has 0 aromatic heterocycles. The molecule has 1 saturated carbocycles.